The Hall–Kier alpha value is -3.07. The molecule has 2 aromatic heterocycles. The molecular weight excluding hydrogens is 408 g/mol. The molecule has 1 fully saturated rings. The smallest absolute Gasteiger partial charge is 0.414 e. The van der Waals surface area contributed by atoms with Crippen molar-refractivity contribution >= 4 is 34.9 Å². The summed E-state index contributed by atoms with van der Waals surface area (Å²) in [5, 5.41) is 7.05. The fourth-order valence-corrected chi connectivity index (χ4v) is 3.75. The standard InChI is InChI=1S/C20H23ClN6O3/c1-20(2,3)30-19(29)27-11-13-7-14(27)10-26(13)12-5-6-17(22-9-12)23-15-8-16(21)24-25(4)18(15)28/h5-6,8-10,13H,7,11H2,1-4H3,(H,22,23). The quantitative estimate of drug-likeness (QED) is 0.798. The molecule has 4 rings (SSSR count). The number of rotatable bonds is 3. The van der Waals surface area contributed by atoms with E-state index in [0.717, 1.165) is 17.8 Å². The van der Waals surface area contributed by atoms with Crippen molar-refractivity contribution in [3.05, 3.63) is 51.8 Å². The summed E-state index contributed by atoms with van der Waals surface area (Å²) < 4.78 is 6.65. The molecule has 0 aliphatic carbocycles. The Morgan fingerprint density at radius 2 is 2.10 bits per heavy atom. The number of ether oxygens (including phenoxy) is 1. The second-order valence-electron chi connectivity index (χ2n) is 8.31. The number of pyridine rings is 1. The third-order valence-corrected chi connectivity index (χ3v) is 5.01. The van der Waals surface area contributed by atoms with Crippen molar-refractivity contribution in [1.82, 2.24) is 19.7 Å². The molecule has 0 spiro atoms. The van der Waals surface area contributed by atoms with Crippen molar-refractivity contribution in [3.8, 4) is 0 Å². The zero-order valence-corrected chi connectivity index (χ0v) is 18.0. The van der Waals surface area contributed by atoms with E-state index in [9.17, 15) is 9.59 Å². The van der Waals surface area contributed by atoms with Gasteiger partial charge in [-0.15, -0.1) is 0 Å². The number of nitrogens with zero attached hydrogens (tertiary/aromatic N) is 5. The molecule has 10 heteroatoms. The van der Waals surface area contributed by atoms with E-state index in [1.165, 1.54) is 17.8 Å². The molecule has 2 aliphatic rings. The Morgan fingerprint density at radius 3 is 2.70 bits per heavy atom. The van der Waals surface area contributed by atoms with E-state index < -0.39 is 5.60 Å². The summed E-state index contributed by atoms with van der Waals surface area (Å²) in [5.74, 6) is 0.519. The van der Waals surface area contributed by atoms with Gasteiger partial charge >= 0.3 is 6.09 Å². The van der Waals surface area contributed by atoms with E-state index in [1.807, 2.05) is 33.0 Å². The number of carbonyl (C=O) groups is 1. The number of aromatic nitrogens is 3. The van der Waals surface area contributed by atoms with E-state index >= 15 is 0 Å². The second-order valence-corrected chi connectivity index (χ2v) is 8.70. The molecule has 0 aromatic carbocycles. The van der Waals surface area contributed by atoms with Crippen LogP contribution in [-0.4, -0.2) is 43.9 Å². The fourth-order valence-electron chi connectivity index (χ4n) is 3.53. The highest BCUT2D eigenvalue weighted by Gasteiger charge is 2.41. The van der Waals surface area contributed by atoms with Gasteiger partial charge in [0, 0.05) is 31.4 Å². The van der Waals surface area contributed by atoms with Crippen LogP contribution in [0, 0.1) is 0 Å². The molecule has 1 atom stereocenters. The first kappa shape index (κ1) is 20.2. The molecule has 158 valence electrons. The number of amides is 1. The number of hydrogen-bond donors (Lipinski definition) is 1. The fraction of sp³-hybridized carbons (Fsp3) is 0.400. The van der Waals surface area contributed by atoms with Gasteiger partial charge in [0.2, 0.25) is 0 Å². The monoisotopic (exact) mass is 430 g/mol. The maximum absolute atomic E-state index is 12.4. The first-order valence-electron chi connectivity index (χ1n) is 9.57. The molecule has 1 saturated heterocycles. The summed E-state index contributed by atoms with van der Waals surface area (Å²) in [6.07, 6.45) is 4.16. The van der Waals surface area contributed by atoms with Gasteiger partial charge in [0.1, 0.15) is 17.1 Å². The minimum atomic E-state index is -0.522. The summed E-state index contributed by atoms with van der Waals surface area (Å²) >= 11 is 5.92. The van der Waals surface area contributed by atoms with E-state index in [2.05, 4.69) is 20.3 Å². The lowest BCUT2D eigenvalue weighted by Crippen LogP contribution is -2.41. The number of nitrogens with one attached hydrogen (secondary N) is 1. The number of hydrogen-bond acceptors (Lipinski definition) is 7. The first-order chi connectivity index (χ1) is 14.1. The Kier molecular flexibility index (Phi) is 4.93. The maximum Gasteiger partial charge on any atom is 0.414 e. The van der Waals surface area contributed by atoms with Gasteiger partial charge in [-0.2, -0.15) is 5.10 Å². The van der Waals surface area contributed by atoms with E-state index in [-0.39, 0.29) is 22.8 Å². The Balaban J connectivity index is 1.47. The predicted molar refractivity (Wildman–Crippen MR) is 114 cm³/mol. The Morgan fingerprint density at radius 1 is 1.33 bits per heavy atom. The topological polar surface area (TPSA) is 92.6 Å². The third kappa shape index (κ3) is 3.97. The highest BCUT2D eigenvalue weighted by Crippen LogP contribution is 2.37. The minimum absolute atomic E-state index is 0.152. The second kappa shape index (κ2) is 7.32. The SMILES string of the molecule is Cn1nc(Cl)cc(Nc2ccc(N3C=C4CC3CN4C(=O)OC(C)(C)C)cn2)c1=O. The lowest BCUT2D eigenvalue weighted by atomic mass is 10.2. The first-order valence-corrected chi connectivity index (χ1v) is 9.95. The zero-order chi connectivity index (χ0) is 21.6. The third-order valence-electron chi connectivity index (χ3n) is 4.82. The van der Waals surface area contributed by atoms with Gasteiger partial charge in [-0.1, -0.05) is 11.6 Å². The molecule has 0 radical (unpaired) electrons. The summed E-state index contributed by atoms with van der Waals surface area (Å²) in [7, 11) is 1.53. The average molecular weight is 431 g/mol. The van der Waals surface area contributed by atoms with Gasteiger partial charge in [-0.25, -0.2) is 14.5 Å². The summed E-state index contributed by atoms with van der Waals surface area (Å²) in [5.41, 5.74) is 1.32. The lowest BCUT2D eigenvalue weighted by Gasteiger charge is -2.31. The number of carbonyl (C=O) groups excluding carboxylic acids is 1. The van der Waals surface area contributed by atoms with Gasteiger partial charge in [0.05, 0.1) is 24.5 Å². The van der Waals surface area contributed by atoms with E-state index in [0.29, 0.717) is 18.1 Å². The number of likely N-dealkylation sites (tertiary alicyclic amines) is 1. The number of halogens is 1. The minimum Gasteiger partial charge on any atom is -0.443 e. The van der Waals surface area contributed by atoms with Crippen LogP contribution < -0.4 is 15.8 Å². The summed E-state index contributed by atoms with van der Waals surface area (Å²) in [6, 6.07) is 5.32. The van der Waals surface area contributed by atoms with E-state index in [4.69, 9.17) is 16.3 Å². The van der Waals surface area contributed by atoms with Crippen LogP contribution in [0.1, 0.15) is 27.2 Å². The lowest BCUT2D eigenvalue weighted by molar-refractivity contribution is 0.0331. The van der Waals surface area contributed by atoms with Crippen LogP contribution in [0.2, 0.25) is 5.15 Å². The van der Waals surface area contributed by atoms with Crippen LogP contribution in [0.3, 0.4) is 0 Å². The zero-order valence-electron chi connectivity index (χ0n) is 17.2. The maximum atomic E-state index is 12.4. The molecule has 4 heterocycles. The van der Waals surface area contributed by atoms with Crippen molar-refractivity contribution in [3.63, 3.8) is 0 Å². The van der Waals surface area contributed by atoms with Gasteiger partial charge in [0.25, 0.3) is 5.56 Å². The van der Waals surface area contributed by atoms with Gasteiger partial charge < -0.3 is 15.0 Å². The summed E-state index contributed by atoms with van der Waals surface area (Å²) in [4.78, 5) is 32.7. The van der Waals surface area contributed by atoms with Gasteiger partial charge in [-0.05, 0) is 32.9 Å². The van der Waals surface area contributed by atoms with Crippen molar-refractivity contribution < 1.29 is 9.53 Å². The van der Waals surface area contributed by atoms with Crippen LogP contribution in [0.5, 0.6) is 0 Å². The predicted octanol–water partition coefficient (Wildman–Crippen LogP) is 3.24. The normalized spacial score (nSPS) is 17.9. The van der Waals surface area contributed by atoms with Gasteiger partial charge in [-0.3, -0.25) is 9.69 Å². The van der Waals surface area contributed by atoms with Crippen LogP contribution in [0.4, 0.5) is 22.0 Å². The van der Waals surface area contributed by atoms with Crippen LogP contribution in [0.15, 0.2) is 41.1 Å². The van der Waals surface area contributed by atoms with Crippen molar-refractivity contribution in [2.45, 2.75) is 38.8 Å². The summed E-state index contributed by atoms with van der Waals surface area (Å²) in [6.45, 7) is 6.15. The van der Waals surface area contributed by atoms with Crippen molar-refractivity contribution in [2.24, 2.45) is 7.05 Å². The molecule has 2 aliphatic heterocycles. The number of aryl methyl sites for hydroxylation is 1. The van der Waals surface area contributed by atoms with Crippen LogP contribution in [0.25, 0.3) is 0 Å². The molecule has 30 heavy (non-hydrogen) atoms. The van der Waals surface area contributed by atoms with Gasteiger partial charge in [0.15, 0.2) is 5.15 Å². The highest BCUT2D eigenvalue weighted by molar-refractivity contribution is 6.29. The molecule has 2 aromatic rings. The number of fused-ring (bicyclic) bond motifs is 2. The molecule has 2 bridgehead atoms. The molecule has 9 nitrogen and oxygen atoms in total. The van der Waals surface area contributed by atoms with E-state index in [1.54, 1.807) is 17.2 Å². The average Bonchev–Trinajstić information content (AvgIpc) is 3.26. The molecular formula is C20H23ClN6O3. The molecule has 1 unspecified atom stereocenters. The van der Waals surface area contributed by atoms with Crippen LogP contribution in [-0.2, 0) is 11.8 Å². The molecule has 0 saturated carbocycles. The number of anilines is 3. The largest absolute Gasteiger partial charge is 0.443 e. The molecule has 1 amide bonds. The van der Waals surface area contributed by atoms with Crippen molar-refractivity contribution in [1.29, 1.82) is 0 Å². The van der Waals surface area contributed by atoms with Crippen molar-refractivity contribution in [2.75, 3.05) is 16.8 Å². The Bertz CT molecular complexity index is 1070. The molecule has 1 N–H and O–H groups in total. The Labute approximate surface area is 178 Å². The highest BCUT2D eigenvalue weighted by atomic mass is 35.5. The van der Waals surface area contributed by atoms with Crippen LogP contribution >= 0.6 is 11.6 Å².